The molecular formula is C39H27N3O6. The molecule has 0 amide bonds. The largest absolute Gasteiger partial charge is 0.423 e. The Balaban J connectivity index is 1.24. The number of rotatable bonds is 6. The zero-order chi connectivity index (χ0) is 32.9. The Morgan fingerprint density at radius 3 is 0.917 bits per heavy atom. The maximum atomic E-state index is 12.8. The minimum absolute atomic E-state index is 0.399. The molecule has 9 heteroatoms. The maximum absolute atomic E-state index is 12.8. The first-order valence-corrected chi connectivity index (χ1v) is 15.2. The van der Waals surface area contributed by atoms with Crippen LogP contribution in [0, 0.1) is 0 Å². The quantitative estimate of drug-likeness (QED) is 0.147. The summed E-state index contributed by atoms with van der Waals surface area (Å²) >= 11 is 0. The molecule has 234 valence electrons. The second-order valence-corrected chi connectivity index (χ2v) is 11.2. The van der Waals surface area contributed by atoms with Crippen molar-refractivity contribution in [3.63, 3.8) is 0 Å². The van der Waals surface area contributed by atoms with Crippen LogP contribution in [0.5, 0.6) is 17.2 Å². The molecule has 0 aliphatic heterocycles. The van der Waals surface area contributed by atoms with Crippen molar-refractivity contribution in [3.05, 3.63) is 178 Å². The number of nitrogens with zero attached hydrogens (tertiary/aromatic N) is 3. The highest BCUT2D eigenvalue weighted by Gasteiger charge is 2.20. The monoisotopic (exact) mass is 633 g/mol. The molecule has 9 nitrogen and oxygen atoms in total. The van der Waals surface area contributed by atoms with Crippen LogP contribution in [-0.2, 0) is 19.3 Å². The van der Waals surface area contributed by atoms with E-state index in [9.17, 15) is 14.4 Å². The van der Waals surface area contributed by atoms with Gasteiger partial charge in [0.05, 0.1) is 16.7 Å². The summed E-state index contributed by atoms with van der Waals surface area (Å²) in [5.74, 6) is -0.189. The summed E-state index contributed by atoms with van der Waals surface area (Å²) in [7, 11) is 0. The lowest BCUT2D eigenvalue weighted by atomic mass is 9.95. The number of carbonyl (C=O) groups excluding carboxylic acids is 3. The molecule has 0 bridgehead atoms. The fraction of sp³-hybridized carbons (Fsp3) is 0.0769. The van der Waals surface area contributed by atoms with Crippen LogP contribution in [0.15, 0.2) is 128 Å². The Hall–Kier alpha value is -6.48. The summed E-state index contributed by atoms with van der Waals surface area (Å²) in [4.78, 5) is 50.4. The fourth-order valence-electron chi connectivity index (χ4n) is 5.59. The third-order valence-electron chi connectivity index (χ3n) is 8.06. The van der Waals surface area contributed by atoms with Crippen molar-refractivity contribution in [2.24, 2.45) is 0 Å². The molecule has 0 saturated heterocycles. The topological polar surface area (TPSA) is 118 Å². The first-order chi connectivity index (χ1) is 23.5. The van der Waals surface area contributed by atoms with Gasteiger partial charge in [-0.3, -0.25) is 15.0 Å². The molecular weight excluding hydrogens is 606 g/mol. The van der Waals surface area contributed by atoms with E-state index < -0.39 is 17.9 Å². The van der Waals surface area contributed by atoms with Crippen molar-refractivity contribution in [1.82, 2.24) is 15.0 Å². The minimum atomic E-state index is -0.479. The van der Waals surface area contributed by atoms with Gasteiger partial charge in [-0.15, -0.1) is 0 Å². The van der Waals surface area contributed by atoms with E-state index in [0.717, 1.165) is 33.4 Å². The van der Waals surface area contributed by atoms with Crippen LogP contribution in [0.1, 0.15) is 64.5 Å². The molecule has 0 atom stereocenters. The van der Waals surface area contributed by atoms with Crippen LogP contribution in [0.3, 0.4) is 0 Å². The molecule has 7 rings (SSSR count). The summed E-state index contributed by atoms with van der Waals surface area (Å²) in [5.41, 5.74) is 7.16. The Morgan fingerprint density at radius 2 is 0.646 bits per heavy atom. The van der Waals surface area contributed by atoms with Crippen molar-refractivity contribution < 1.29 is 28.6 Å². The van der Waals surface area contributed by atoms with Gasteiger partial charge < -0.3 is 14.2 Å². The van der Waals surface area contributed by atoms with E-state index in [2.05, 4.69) is 15.0 Å². The standard InChI is InChI=1S/C39H27N3O6/c43-37(25-7-13-40-14-8-25)46-34-4-1-28-19-32-23-35(47-38(44)26-9-15-41-16-10-26)6-3-30(32)21-33-24-36(5-2-29(33)20-31(28)22-34)48-39(45)27-11-17-42-18-12-27/h1-18,22-24H,19-21H2. The van der Waals surface area contributed by atoms with E-state index in [1.807, 2.05) is 36.4 Å². The van der Waals surface area contributed by atoms with Gasteiger partial charge in [-0.25, -0.2) is 14.4 Å². The Morgan fingerprint density at radius 1 is 0.375 bits per heavy atom. The van der Waals surface area contributed by atoms with Crippen LogP contribution in [0.2, 0.25) is 0 Å². The van der Waals surface area contributed by atoms with Gasteiger partial charge >= 0.3 is 17.9 Å². The number of pyridine rings is 3. The number of esters is 3. The Bertz CT molecular complexity index is 1890. The molecule has 6 aromatic rings. The molecule has 3 aromatic heterocycles. The average Bonchev–Trinajstić information content (AvgIpc) is 3.18. The van der Waals surface area contributed by atoms with Crippen molar-refractivity contribution in [1.29, 1.82) is 0 Å². The summed E-state index contributed by atoms with van der Waals surface area (Å²) < 4.78 is 17.2. The van der Waals surface area contributed by atoms with Gasteiger partial charge in [0.15, 0.2) is 0 Å². The fourth-order valence-corrected chi connectivity index (χ4v) is 5.59. The SMILES string of the molecule is O=C(Oc1ccc2c(c1)Cc1ccc(OC(=O)c3ccncc3)cc1Cc1ccc(OC(=O)c3ccncc3)cc1C2)c1ccncc1. The summed E-state index contributed by atoms with van der Waals surface area (Å²) in [6, 6.07) is 26.5. The van der Waals surface area contributed by atoms with Gasteiger partial charge in [-0.2, -0.15) is 0 Å². The summed E-state index contributed by atoms with van der Waals surface area (Å²) in [6.07, 6.45) is 10.9. The molecule has 0 fully saturated rings. The number of hydrogen-bond acceptors (Lipinski definition) is 9. The molecule has 1 aliphatic carbocycles. The molecule has 0 saturated carbocycles. The lowest BCUT2D eigenvalue weighted by Crippen LogP contribution is -2.09. The normalized spacial score (nSPS) is 11.8. The Kier molecular flexibility index (Phi) is 8.48. The molecule has 0 spiro atoms. The van der Waals surface area contributed by atoms with Gasteiger partial charge in [0.1, 0.15) is 17.2 Å². The molecule has 3 aromatic carbocycles. The van der Waals surface area contributed by atoms with Gasteiger partial charge in [0.2, 0.25) is 0 Å². The third-order valence-corrected chi connectivity index (χ3v) is 8.06. The van der Waals surface area contributed by atoms with Crippen LogP contribution < -0.4 is 14.2 Å². The predicted molar refractivity (Wildman–Crippen MR) is 175 cm³/mol. The summed E-state index contributed by atoms with van der Waals surface area (Å²) in [5, 5.41) is 0. The van der Waals surface area contributed by atoms with Crippen molar-refractivity contribution >= 4 is 17.9 Å². The van der Waals surface area contributed by atoms with E-state index in [4.69, 9.17) is 14.2 Å². The van der Waals surface area contributed by atoms with E-state index in [1.165, 1.54) is 0 Å². The number of ether oxygens (including phenoxy) is 3. The molecule has 1 aliphatic rings. The van der Waals surface area contributed by atoms with Crippen LogP contribution >= 0.6 is 0 Å². The lowest BCUT2D eigenvalue weighted by Gasteiger charge is -2.14. The van der Waals surface area contributed by atoms with E-state index in [-0.39, 0.29) is 0 Å². The number of carbonyl (C=O) groups is 3. The second kappa shape index (κ2) is 13.5. The summed E-state index contributed by atoms with van der Waals surface area (Å²) in [6.45, 7) is 0. The van der Waals surface area contributed by atoms with Crippen molar-refractivity contribution in [2.75, 3.05) is 0 Å². The van der Waals surface area contributed by atoms with Gasteiger partial charge in [-0.05, 0) is 125 Å². The van der Waals surface area contributed by atoms with Crippen molar-refractivity contribution in [2.45, 2.75) is 19.3 Å². The highest BCUT2D eigenvalue weighted by Crippen LogP contribution is 2.33. The lowest BCUT2D eigenvalue weighted by molar-refractivity contribution is 0.0725. The van der Waals surface area contributed by atoms with Crippen LogP contribution in [0.25, 0.3) is 0 Å². The van der Waals surface area contributed by atoms with Crippen LogP contribution in [-0.4, -0.2) is 32.9 Å². The number of benzene rings is 3. The average molecular weight is 634 g/mol. The maximum Gasteiger partial charge on any atom is 0.343 e. The van der Waals surface area contributed by atoms with E-state index in [0.29, 0.717) is 53.2 Å². The van der Waals surface area contributed by atoms with Gasteiger partial charge in [0.25, 0.3) is 0 Å². The van der Waals surface area contributed by atoms with Gasteiger partial charge in [-0.1, -0.05) is 18.2 Å². The predicted octanol–water partition coefficient (Wildman–Crippen LogP) is 6.62. The van der Waals surface area contributed by atoms with Crippen molar-refractivity contribution in [3.8, 4) is 17.2 Å². The molecule has 0 unspecified atom stereocenters. The molecule has 0 radical (unpaired) electrons. The zero-order valence-corrected chi connectivity index (χ0v) is 25.5. The highest BCUT2D eigenvalue weighted by atomic mass is 16.5. The smallest absolute Gasteiger partial charge is 0.343 e. The number of fused-ring (bicyclic) bond motifs is 3. The molecule has 48 heavy (non-hydrogen) atoms. The van der Waals surface area contributed by atoms with E-state index in [1.54, 1.807) is 91.8 Å². The molecule has 3 heterocycles. The number of hydrogen-bond donors (Lipinski definition) is 0. The first-order valence-electron chi connectivity index (χ1n) is 15.2. The van der Waals surface area contributed by atoms with Gasteiger partial charge in [0, 0.05) is 37.2 Å². The zero-order valence-electron chi connectivity index (χ0n) is 25.5. The highest BCUT2D eigenvalue weighted by molar-refractivity contribution is 5.92. The van der Waals surface area contributed by atoms with Crippen LogP contribution in [0.4, 0.5) is 0 Å². The minimum Gasteiger partial charge on any atom is -0.423 e. The number of aromatic nitrogens is 3. The second-order valence-electron chi connectivity index (χ2n) is 11.2. The van der Waals surface area contributed by atoms with E-state index >= 15 is 0 Å². The third kappa shape index (κ3) is 6.85. The first kappa shape index (κ1) is 30.2. The Labute approximate surface area is 275 Å². The molecule has 0 N–H and O–H groups in total.